The van der Waals surface area contributed by atoms with E-state index in [0.717, 1.165) is 56.4 Å². The Labute approximate surface area is 146 Å². The molecule has 1 unspecified atom stereocenters. The molecule has 6 heteroatoms. The summed E-state index contributed by atoms with van der Waals surface area (Å²) in [5.41, 5.74) is 2.50. The highest BCUT2D eigenvalue weighted by molar-refractivity contribution is 7.15. The summed E-state index contributed by atoms with van der Waals surface area (Å²) < 4.78 is 0. The minimum Gasteiger partial charge on any atom is -0.316 e. The summed E-state index contributed by atoms with van der Waals surface area (Å²) in [7, 11) is 0. The lowest BCUT2D eigenvalue weighted by Crippen LogP contribution is -2.29. The van der Waals surface area contributed by atoms with E-state index < -0.39 is 0 Å². The number of aromatic nitrogens is 1. The third-order valence-electron chi connectivity index (χ3n) is 4.72. The summed E-state index contributed by atoms with van der Waals surface area (Å²) in [6.07, 6.45) is 1.88. The zero-order chi connectivity index (χ0) is 16.4. The van der Waals surface area contributed by atoms with Gasteiger partial charge in [0, 0.05) is 37.5 Å². The molecular weight excluding hydrogens is 320 g/mol. The lowest BCUT2D eigenvalue weighted by molar-refractivity contribution is -0.119. The van der Waals surface area contributed by atoms with Crippen molar-refractivity contribution in [3.8, 4) is 0 Å². The maximum absolute atomic E-state index is 12.2. The van der Waals surface area contributed by atoms with Gasteiger partial charge in [-0.3, -0.25) is 9.69 Å². The quantitative estimate of drug-likeness (QED) is 0.895. The second-order valence-electron chi connectivity index (χ2n) is 6.51. The third-order valence-corrected chi connectivity index (χ3v) is 5.72. The van der Waals surface area contributed by atoms with Crippen molar-refractivity contribution in [1.29, 1.82) is 0 Å². The van der Waals surface area contributed by atoms with E-state index in [0.29, 0.717) is 0 Å². The number of nitrogens with one attached hydrogen (secondary N) is 2. The van der Waals surface area contributed by atoms with E-state index >= 15 is 0 Å². The van der Waals surface area contributed by atoms with Crippen LogP contribution < -0.4 is 10.6 Å². The van der Waals surface area contributed by atoms with Crippen LogP contribution in [0.2, 0.25) is 0 Å². The van der Waals surface area contributed by atoms with E-state index in [1.807, 2.05) is 0 Å². The Bertz CT molecular complexity index is 709. The average molecular weight is 342 g/mol. The largest absolute Gasteiger partial charge is 0.316 e. The van der Waals surface area contributed by atoms with Crippen LogP contribution >= 0.6 is 11.3 Å². The third kappa shape index (κ3) is 3.50. The number of carbonyl (C=O) groups is 1. The van der Waals surface area contributed by atoms with Crippen LogP contribution in [0.1, 0.15) is 22.6 Å². The van der Waals surface area contributed by atoms with Gasteiger partial charge in [0.05, 0.1) is 11.6 Å². The van der Waals surface area contributed by atoms with Gasteiger partial charge in [0.2, 0.25) is 5.91 Å². The fourth-order valence-electron chi connectivity index (χ4n) is 3.36. The molecule has 1 aromatic heterocycles. The van der Waals surface area contributed by atoms with Crippen molar-refractivity contribution in [2.75, 3.05) is 25.0 Å². The summed E-state index contributed by atoms with van der Waals surface area (Å²) in [6, 6.07) is 10.6. The molecule has 5 nitrogen and oxygen atoms in total. The second kappa shape index (κ2) is 7.01. The summed E-state index contributed by atoms with van der Waals surface area (Å²) in [4.78, 5) is 20.6. The fourth-order valence-corrected chi connectivity index (χ4v) is 4.42. The van der Waals surface area contributed by atoms with Crippen molar-refractivity contribution in [2.24, 2.45) is 5.92 Å². The van der Waals surface area contributed by atoms with Crippen LogP contribution in [0.4, 0.5) is 5.13 Å². The monoisotopic (exact) mass is 342 g/mol. The molecule has 1 amide bonds. The molecule has 24 heavy (non-hydrogen) atoms. The molecule has 4 rings (SSSR count). The fraction of sp³-hybridized carbons (Fsp3) is 0.444. The van der Waals surface area contributed by atoms with Crippen LogP contribution in [0.15, 0.2) is 30.3 Å². The average Bonchev–Trinajstić information content (AvgIpc) is 3.24. The standard InChI is InChI=1S/C18H22N4OS/c23-17(14-6-8-19-10-14)21-18-20-15-7-9-22(12-16(15)24-18)11-13-4-2-1-3-5-13/h1-5,14,19H,6-12H2,(H,20,21,23). The van der Waals surface area contributed by atoms with Crippen LogP contribution in [0, 0.1) is 5.92 Å². The van der Waals surface area contributed by atoms with Crippen LogP contribution in [-0.2, 0) is 24.3 Å². The molecule has 1 saturated heterocycles. The molecule has 2 N–H and O–H groups in total. The first-order valence-corrected chi connectivity index (χ1v) is 9.36. The van der Waals surface area contributed by atoms with E-state index in [-0.39, 0.29) is 11.8 Å². The van der Waals surface area contributed by atoms with Crippen LogP contribution in [0.5, 0.6) is 0 Å². The number of hydrogen-bond acceptors (Lipinski definition) is 5. The van der Waals surface area contributed by atoms with Crippen LogP contribution in [-0.4, -0.2) is 35.4 Å². The highest BCUT2D eigenvalue weighted by Crippen LogP contribution is 2.29. The minimum atomic E-state index is 0.0838. The Morgan fingerprint density at radius 3 is 3.04 bits per heavy atom. The molecule has 2 aliphatic heterocycles. The van der Waals surface area contributed by atoms with Crippen molar-refractivity contribution in [2.45, 2.75) is 25.9 Å². The number of nitrogens with zero attached hydrogens (tertiary/aromatic N) is 2. The summed E-state index contributed by atoms with van der Waals surface area (Å²) in [5.74, 6) is 0.188. The number of amides is 1. The van der Waals surface area contributed by atoms with E-state index in [9.17, 15) is 4.79 Å². The zero-order valence-corrected chi connectivity index (χ0v) is 14.4. The highest BCUT2D eigenvalue weighted by atomic mass is 32.1. The van der Waals surface area contributed by atoms with E-state index in [1.165, 1.54) is 10.4 Å². The molecular formula is C18H22N4OS. The van der Waals surface area contributed by atoms with Crippen LogP contribution in [0.25, 0.3) is 0 Å². The smallest absolute Gasteiger partial charge is 0.230 e. The first-order chi connectivity index (χ1) is 11.8. The summed E-state index contributed by atoms with van der Waals surface area (Å²) >= 11 is 1.63. The number of rotatable bonds is 4. The molecule has 1 atom stereocenters. The number of thiazole rings is 1. The van der Waals surface area contributed by atoms with Gasteiger partial charge in [0.25, 0.3) is 0 Å². The van der Waals surface area contributed by atoms with Gasteiger partial charge < -0.3 is 10.6 Å². The first kappa shape index (κ1) is 15.7. The maximum Gasteiger partial charge on any atom is 0.230 e. The van der Waals surface area contributed by atoms with Gasteiger partial charge in [-0.1, -0.05) is 30.3 Å². The van der Waals surface area contributed by atoms with Gasteiger partial charge in [-0.25, -0.2) is 4.98 Å². The van der Waals surface area contributed by atoms with Gasteiger partial charge in [0.1, 0.15) is 0 Å². The van der Waals surface area contributed by atoms with Crippen molar-refractivity contribution in [3.05, 3.63) is 46.5 Å². The summed E-state index contributed by atoms with van der Waals surface area (Å²) in [6.45, 7) is 4.62. The molecule has 2 aromatic rings. The molecule has 0 spiro atoms. The first-order valence-electron chi connectivity index (χ1n) is 8.54. The van der Waals surface area contributed by atoms with E-state index in [1.54, 1.807) is 11.3 Å². The number of carbonyl (C=O) groups excluding carboxylic acids is 1. The number of anilines is 1. The SMILES string of the molecule is O=C(Nc1nc2c(s1)CN(Cc1ccccc1)CC2)C1CCNC1. The molecule has 3 heterocycles. The van der Waals surface area contributed by atoms with Crippen molar-refractivity contribution in [3.63, 3.8) is 0 Å². The lowest BCUT2D eigenvalue weighted by Gasteiger charge is -2.25. The van der Waals surface area contributed by atoms with Gasteiger partial charge in [-0.15, -0.1) is 11.3 Å². The van der Waals surface area contributed by atoms with Gasteiger partial charge in [-0.05, 0) is 18.5 Å². The Morgan fingerprint density at radius 2 is 2.25 bits per heavy atom. The predicted octanol–water partition coefficient (Wildman–Crippen LogP) is 2.25. The molecule has 1 aromatic carbocycles. The summed E-state index contributed by atoms with van der Waals surface area (Å²) in [5, 5.41) is 7.01. The normalized spacial score (nSPS) is 20.8. The Hall–Kier alpha value is -1.76. The Balaban J connectivity index is 1.39. The lowest BCUT2D eigenvalue weighted by atomic mass is 10.1. The molecule has 1 fully saturated rings. The number of fused-ring (bicyclic) bond motifs is 1. The minimum absolute atomic E-state index is 0.0838. The van der Waals surface area contributed by atoms with Crippen molar-refractivity contribution >= 4 is 22.4 Å². The Morgan fingerprint density at radius 1 is 1.38 bits per heavy atom. The molecule has 0 saturated carbocycles. The van der Waals surface area contributed by atoms with Crippen molar-refractivity contribution in [1.82, 2.24) is 15.2 Å². The van der Waals surface area contributed by atoms with Crippen molar-refractivity contribution < 1.29 is 4.79 Å². The molecule has 2 aliphatic rings. The topological polar surface area (TPSA) is 57.3 Å². The highest BCUT2D eigenvalue weighted by Gasteiger charge is 2.25. The van der Waals surface area contributed by atoms with Gasteiger partial charge >= 0.3 is 0 Å². The maximum atomic E-state index is 12.2. The number of hydrogen-bond donors (Lipinski definition) is 2. The molecule has 0 radical (unpaired) electrons. The number of benzene rings is 1. The molecule has 126 valence electrons. The Kier molecular flexibility index (Phi) is 4.60. The second-order valence-corrected chi connectivity index (χ2v) is 7.60. The van der Waals surface area contributed by atoms with E-state index in [4.69, 9.17) is 0 Å². The van der Waals surface area contributed by atoms with Gasteiger partial charge in [-0.2, -0.15) is 0 Å². The molecule has 0 bridgehead atoms. The van der Waals surface area contributed by atoms with Gasteiger partial charge in [0.15, 0.2) is 5.13 Å². The van der Waals surface area contributed by atoms with E-state index in [2.05, 4.69) is 50.8 Å². The zero-order valence-electron chi connectivity index (χ0n) is 13.6. The molecule has 0 aliphatic carbocycles. The predicted molar refractivity (Wildman–Crippen MR) is 96.0 cm³/mol. The van der Waals surface area contributed by atoms with Crippen LogP contribution in [0.3, 0.4) is 0 Å².